The van der Waals surface area contributed by atoms with Gasteiger partial charge in [0.15, 0.2) is 10.6 Å². The van der Waals surface area contributed by atoms with Crippen LogP contribution in [0, 0.1) is 4.77 Å². The predicted molar refractivity (Wildman–Crippen MR) is 103 cm³/mol. The van der Waals surface area contributed by atoms with Gasteiger partial charge < -0.3 is 9.88 Å². The van der Waals surface area contributed by atoms with Gasteiger partial charge in [0.05, 0.1) is 11.4 Å². The molecule has 0 bridgehead atoms. The molecule has 1 atom stereocenters. The normalized spacial score (nSPS) is 18.4. The van der Waals surface area contributed by atoms with E-state index < -0.39 is 10.0 Å². The number of nitrogens with zero attached hydrogens (tertiary/aromatic N) is 3. The summed E-state index contributed by atoms with van der Waals surface area (Å²) < 4.78 is 29.6. The lowest BCUT2D eigenvalue weighted by Gasteiger charge is -2.32. The van der Waals surface area contributed by atoms with Gasteiger partial charge in [-0.1, -0.05) is 12.5 Å². The van der Waals surface area contributed by atoms with E-state index in [4.69, 9.17) is 12.2 Å². The zero-order valence-corrected chi connectivity index (χ0v) is 16.9. The molecule has 1 unspecified atom stereocenters. The number of amides is 1. The molecule has 2 N–H and O–H groups in total. The lowest BCUT2D eigenvalue weighted by Crippen LogP contribution is -2.42. The molecule has 0 aliphatic carbocycles. The molecule has 1 saturated heterocycles. The minimum Gasteiger partial charge on any atom is -0.345 e. The molecule has 1 amide bonds. The number of piperidine rings is 1. The van der Waals surface area contributed by atoms with Gasteiger partial charge in [-0.05, 0) is 50.2 Å². The van der Waals surface area contributed by atoms with Gasteiger partial charge in [-0.3, -0.25) is 9.89 Å². The first-order chi connectivity index (χ1) is 12.8. The lowest BCUT2D eigenvalue weighted by atomic mass is 10.1. The zero-order chi connectivity index (χ0) is 19.6. The summed E-state index contributed by atoms with van der Waals surface area (Å²) in [7, 11) is -1.87. The highest BCUT2D eigenvalue weighted by Crippen LogP contribution is 2.25. The van der Waals surface area contributed by atoms with Gasteiger partial charge in [-0.15, -0.1) is 0 Å². The van der Waals surface area contributed by atoms with Crippen LogP contribution < -0.4 is 5.32 Å². The number of rotatable bonds is 5. The van der Waals surface area contributed by atoms with Gasteiger partial charge in [-0.25, -0.2) is 8.42 Å². The number of aromatic amines is 1. The molecule has 3 rings (SSSR count). The van der Waals surface area contributed by atoms with E-state index in [2.05, 4.69) is 15.5 Å². The topological polar surface area (TPSA) is 100 Å². The van der Waals surface area contributed by atoms with Gasteiger partial charge in [0.25, 0.3) is 5.91 Å². The first-order valence-corrected chi connectivity index (χ1v) is 10.7. The first kappa shape index (κ1) is 19.7. The van der Waals surface area contributed by atoms with Crippen LogP contribution in [0.3, 0.4) is 0 Å². The third-order valence-corrected chi connectivity index (χ3v) is 7.20. The summed E-state index contributed by atoms with van der Waals surface area (Å²) in [6.45, 7) is 2.62. The van der Waals surface area contributed by atoms with Crippen LogP contribution in [-0.2, 0) is 23.6 Å². The van der Waals surface area contributed by atoms with Crippen LogP contribution >= 0.6 is 12.2 Å². The molecule has 1 fully saturated rings. The van der Waals surface area contributed by atoms with Crippen LogP contribution in [0.25, 0.3) is 0 Å². The van der Waals surface area contributed by atoms with Crippen molar-refractivity contribution >= 4 is 28.1 Å². The van der Waals surface area contributed by atoms with E-state index in [-0.39, 0.29) is 29.0 Å². The van der Waals surface area contributed by atoms with Gasteiger partial charge in [-0.2, -0.15) is 9.40 Å². The number of carbonyl (C=O) groups excluding carboxylic acids is 1. The van der Waals surface area contributed by atoms with Gasteiger partial charge in [0.2, 0.25) is 10.0 Å². The van der Waals surface area contributed by atoms with Crippen molar-refractivity contribution in [3.8, 4) is 0 Å². The Morgan fingerprint density at radius 2 is 2.19 bits per heavy atom. The number of aromatic nitrogens is 3. The second kappa shape index (κ2) is 7.91. The fourth-order valence-corrected chi connectivity index (χ4v) is 5.06. The Labute approximate surface area is 163 Å². The number of hydrogen-bond acceptors (Lipinski definition) is 5. The Morgan fingerprint density at radius 1 is 1.41 bits per heavy atom. The minimum absolute atomic E-state index is 0.0338. The molecule has 1 aliphatic heterocycles. The van der Waals surface area contributed by atoms with Crippen molar-refractivity contribution in [1.82, 2.24) is 24.4 Å². The highest BCUT2D eigenvalue weighted by atomic mass is 32.2. The maximum Gasteiger partial charge on any atom is 0.251 e. The third kappa shape index (κ3) is 4.12. The van der Waals surface area contributed by atoms with E-state index in [1.807, 2.05) is 6.92 Å². The molecule has 0 saturated carbocycles. The smallest absolute Gasteiger partial charge is 0.251 e. The van der Waals surface area contributed by atoms with E-state index in [9.17, 15) is 13.2 Å². The Bertz CT molecular complexity index is 996. The molecule has 0 radical (unpaired) electrons. The number of carbonyl (C=O) groups is 1. The van der Waals surface area contributed by atoms with E-state index in [1.165, 1.54) is 16.4 Å². The molecule has 1 aliphatic rings. The Morgan fingerprint density at radius 3 is 2.85 bits per heavy atom. The fourth-order valence-electron chi connectivity index (χ4n) is 3.16. The predicted octanol–water partition coefficient (Wildman–Crippen LogP) is 1.97. The molecule has 8 nitrogen and oxygen atoms in total. The summed E-state index contributed by atoms with van der Waals surface area (Å²) in [6.07, 6.45) is 2.74. The van der Waals surface area contributed by atoms with Gasteiger partial charge >= 0.3 is 0 Å². The molecule has 0 spiro atoms. The Balaban J connectivity index is 1.77. The summed E-state index contributed by atoms with van der Waals surface area (Å²) in [5, 5.41) is 9.42. The molecule has 27 heavy (non-hydrogen) atoms. The number of benzene rings is 1. The summed E-state index contributed by atoms with van der Waals surface area (Å²) >= 11 is 5.04. The second-order valence-corrected chi connectivity index (χ2v) is 8.95. The second-order valence-electron chi connectivity index (χ2n) is 6.68. The molecule has 1 aromatic carbocycles. The van der Waals surface area contributed by atoms with Crippen molar-refractivity contribution < 1.29 is 13.2 Å². The summed E-state index contributed by atoms with van der Waals surface area (Å²) in [5.41, 5.74) is 0.289. The number of H-pyrrole nitrogens is 1. The van der Waals surface area contributed by atoms with E-state index >= 15 is 0 Å². The Kier molecular flexibility index (Phi) is 5.78. The molecule has 1 aromatic heterocycles. The summed E-state index contributed by atoms with van der Waals surface area (Å²) in [5.74, 6) is 0.215. The molecule has 146 valence electrons. The van der Waals surface area contributed by atoms with Crippen molar-refractivity contribution in [2.45, 2.75) is 43.7 Å². The van der Waals surface area contributed by atoms with Crippen LogP contribution in [-0.4, -0.2) is 46.0 Å². The van der Waals surface area contributed by atoms with Crippen LogP contribution in [0.4, 0.5) is 0 Å². The van der Waals surface area contributed by atoms with Crippen molar-refractivity contribution in [1.29, 1.82) is 0 Å². The fraction of sp³-hybridized carbons (Fsp3) is 0.471. The van der Waals surface area contributed by atoms with E-state index in [1.54, 1.807) is 23.7 Å². The largest absolute Gasteiger partial charge is 0.345 e. The van der Waals surface area contributed by atoms with Crippen LogP contribution in [0.5, 0.6) is 0 Å². The van der Waals surface area contributed by atoms with Crippen LogP contribution in [0.1, 0.15) is 42.4 Å². The van der Waals surface area contributed by atoms with Crippen molar-refractivity contribution in [2.75, 3.05) is 6.54 Å². The summed E-state index contributed by atoms with van der Waals surface area (Å²) in [6, 6.07) is 6.11. The van der Waals surface area contributed by atoms with Crippen molar-refractivity contribution in [3.05, 3.63) is 40.4 Å². The van der Waals surface area contributed by atoms with Crippen molar-refractivity contribution in [2.24, 2.45) is 7.05 Å². The number of nitrogens with one attached hydrogen (secondary N) is 2. The third-order valence-electron chi connectivity index (χ3n) is 4.82. The maximum absolute atomic E-state index is 13.0. The van der Waals surface area contributed by atoms with E-state index in [0.717, 1.165) is 19.3 Å². The number of sulfonamides is 1. The zero-order valence-electron chi connectivity index (χ0n) is 15.3. The Hall–Kier alpha value is -2.04. The average molecular weight is 410 g/mol. The van der Waals surface area contributed by atoms with Gasteiger partial charge in [0.1, 0.15) is 0 Å². The quantitative estimate of drug-likeness (QED) is 0.736. The molecule has 10 heteroatoms. The first-order valence-electron chi connectivity index (χ1n) is 8.81. The molecular formula is C17H23N5O3S2. The van der Waals surface area contributed by atoms with E-state index in [0.29, 0.717) is 17.1 Å². The average Bonchev–Trinajstić information content (AvgIpc) is 2.98. The maximum atomic E-state index is 13.0. The van der Waals surface area contributed by atoms with Crippen molar-refractivity contribution in [3.63, 3.8) is 0 Å². The SMILES string of the molecule is CC1CCCCN1S(=O)(=O)c1cccc(C(=O)NCc2n[nH]c(=S)n2C)c1. The lowest BCUT2D eigenvalue weighted by molar-refractivity contribution is 0.0949. The highest BCUT2D eigenvalue weighted by molar-refractivity contribution is 7.89. The van der Waals surface area contributed by atoms with Crippen LogP contribution in [0.2, 0.25) is 0 Å². The molecular weight excluding hydrogens is 386 g/mol. The molecule has 2 heterocycles. The molecule has 2 aromatic rings. The monoisotopic (exact) mass is 409 g/mol. The number of hydrogen-bond donors (Lipinski definition) is 2. The minimum atomic E-state index is -3.62. The standard InChI is InChI=1S/C17H23N5O3S2/c1-12-6-3-4-9-22(12)27(24,25)14-8-5-7-13(10-14)16(23)18-11-15-19-20-17(26)21(15)2/h5,7-8,10,12H,3-4,6,9,11H2,1-2H3,(H,18,23)(H,20,26). The van der Waals surface area contributed by atoms with Gasteiger partial charge in [0, 0.05) is 25.2 Å². The highest BCUT2D eigenvalue weighted by Gasteiger charge is 2.31. The van der Waals surface area contributed by atoms with Crippen LogP contribution in [0.15, 0.2) is 29.2 Å². The summed E-state index contributed by atoms with van der Waals surface area (Å²) in [4.78, 5) is 12.6.